The molecule has 1 unspecified atom stereocenters. The van der Waals surface area contributed by atoms with Crippen molar-refractivity contribution in [3.63, 3.8) is 0 Å². The van der Waals surface area contributed by atoms with E-state index in [1.165, 1.54) is 0 Å². The number of ether oxygens (including phenoxy) is 1. The fourth-order valence-electron chi connectivity index (χ4n) is 4.83. The van der Waals surface area contributed by atoms with Crippen LogP contribution in [0.4, 0.5) is 10.2 Å². The molecule has 1 saturated heterocycles. The first kappa shape index (κ1) is 18.8. The molecule has 2 atom stereocenters. The second-order valence-corrected chi connectivity index (χ2v) is 8.76. The van der Waals surface area contributed by atoms with Gasteiger partial charge in [0.15, 0.2) is 5.82 Å². The summed E-state index contributed by atoms with van der Waals surface area (Å²) in [6.07, 6.45) is 2.27. The molecule has 5 rings (SSSR count). The van der Waals surface area contributed by atoms with E-state index in [9.17, 15) is 9.50 Å². The van der Waals surface area contributed by atoms with Gasteiger partial charge in [-0.15, -0.1) is 10.2 Å². The molecule has 6 nitrogen and oxygen atoms in total. The number of fused-ring (bicyclic) bond motifs is 2. The number of aromatic nitrogens is 2. The van der Waals surface area contributed by atoms with Crippen LogP contribution in [0.1, 0.15) is 36.0 Å². The molecular weight excluding hydrogens is 371 g/mol. The van der Waals surface area contributed by atoms with E-state index in [0.717, 1.165) is 48.3 Å². The van der Waals surface area contributed by atoms with E-state index >= 15 is 0 Å². The van der Waals surface area contributed by atoms with E-state index in [-0.39, 0.29) is 17.4 Å². The highest BCUT2D eigenvalue weighted by Gasteiger charge is 2.51. The summed E-state index contributed by atoms with van der Waals surface area (Å²) in [6.45, 7) is 3.84. The van der Waals surface area contributed by atoms with Crippen molar-refractivity contribution >= 4 is 5.82 Å². The van der Waals surface area contributed by atoms with Gasteiger partial charge in [-0.2, -0.15) is 0 Å². The fourth-order valence-corrected chi connectivity index (χ4v) is 4.83. The van der Waals surface area contributed by atoms with Gasteiger partial charge in [-0.3, -0.25) is 0 Å². The molecule has 154 valence electrons. The molecule has 0 amide bonds. The predicted octanol–water partition coefficient (Wildman–Crippen LogP) is 3.17. The van der Waals surface area contributed by atoms with E-state index in [0.29, 0.717) is 30.8 Å². The van der Waals surface area contributed by atoms with Crippen molar-refractivity contribution < 1.29 is 14.2 Å². The first-order chi connectivity index (χ1) is 13.9. The van der Waals surface area contributed by atoms with E-state index in [1.54, 1.807) is 6.07 Å². The zero-order valence-electron chi connectivity index (χ0n) is 16.9. The topological polar surface area (TPSA) is 70.5 Å². The largest absolute Gasteiger partial charge is 0.507 e. The number of alkyl halides is 1. The van der Waals surface area contributed by atoms with Crippen LogP contribution in [0.25, 0.3) is 11.3 Å². The number of likely N-dealkylation sites (tertiary alicyclic amines) is 1. The molecule has 7 heteroatoms. The quantitative estimate of drug-likeness (QED) is 0.828. The van der Waals surface area contributed by atoms with Gasteiger partial charge in [0.05, 0.1) is 12.2 Å². The Balaban J connectivity index is 1.57. The lowest BCUT2D eigenvalue weighted by molar-refractivity contribution is 0.0200. The van der Waals surface area contributed by atoms with Crippen LogP contribution < -0.4 is 5.32 Å². The Kier molecular flexibility index (Phi) is 4.47. The Hall–Kier alpha value is -2.25. The summed E-state index contributed by atoms with van der Waals surface area (Å²) >= 11 is 0. The second kappa shape index (κ2) is 6.92. The SMILES string of the molecule is Cc1ccc(-c2nnc(NC3C[C@@H](F)CN(C)C3)c3c2C2(CC2)OCC3)c(O)c1. The average molecular weight is 398 g/mol. The van der Waals surface area contributed by atoms with Crippen molar-refractivity contribution in [2.24, 2.45) is 0 Å². The van der Waals surface area contributed by atoms with Gasteiger partial charge in [0.25, 0.3) is 0 Å². The first-order valence-electron chi connectivity index (χ1n) is 10.4. The third kappa shape index (κ3) is 3.36. The van der Waals surface area contributed by atoms with Crippen LogP contribution in [0.3, 0.4) is 0 Å². The summed E-state index contributed by atoms with van der Waals surface area (Å²) in [7, 11) is 1.94. The molecule has 2 fully saturated rings. The van der Waals surface area contributed by atoms with Crippen molar-refractivity contribution in [2.45, 2.75) is 50.4 Å². The van der Waals surface area contributed by atoms with Gasteiger partial charge >= 0.3 is 0 Å². The monoisotopic (exact) mass is 398 g/mol. The number of hydrogen-bond donors (Lipinski definition) is 2. The lowest BCUT2D eigenvalue weighted by Crippen LogP contribution is -2.45. The van der Waals surface area contributed by atoms with E-state index < -0.39 is 6.17 Å². The number of hydrogen-bond acceptors (Lipinski definition) is 6. The maximum atomic E-state index is 14.1. The molecule has 1 aliphatic carbocycles. The molecule has 0 bridgehead atoms. The van der Waals surface area contributed by atoms with E-state index in [2.05, 4.69) is 15.5 Å². The van der Waals surface area contributed by atoms with Gasteiger partial charge in [-0.1, -0.05) is 6.07 Å². The van der Waals surface area contributed by atoms with Crippen molar-refractivity contribution in [2.75, 3.05) is 32.1 Å². The van der Waals surface area contributed by atoms with Gasteiger partial charge in [0, 0.05) is 42.2 Å². The molecule has 3 aliphatic rings. The summed E-state index contributed by atoms with van der Waals surface area (Å²) < 4.78 is 20.2. The number of aryl methyl sites for hydroxylation is 1. The van der Waals surface area contributed by atoms with Crippen LogP contribution in [0, 0.1) is 6.92 Å². The lowest BCUT2D eigenvalue weighted by atomic mass is 9.91. The summed E-state index contributed by atoms with van der Waals surface area (Å²) in [5.74, 6) is 0.940. The van der Waals surface area contributed by atoms with Crippen LogP contribution >= 0.6 is 0 Å². The highest BCUT2D eigenvalue weighted by Crippen LogP contribution is 2.56. The molecule has 0 radical (unpaired) electrons. The van der Waals surface area contributed by atoms with Crippen molar-refractivity contribution in [1.82, 2.24) is 15.1 Å². The Morgan fingerprint density at radius 3 is 2.83 bits per heavy atom. The van der Waals surface area contributed by atoms with Crippen LogP contribution in [0.15, 0.2) is 18.2 Å². The zero-order valence-corrected chi connectivity index (χ0v) is 16.9. The van der Waals surface area contributed by atoms with Crippen molar-refractivity contribution in [3.8, 4) is 17.0 Å². The zero-order chi connectivity index (χ0) is 20.2. The second-order valence-electron chi connectivity index (χ2n) is 8.76. The van der Waals surface area contributed by atoms with Crippen LogP contribution in [-0.4, -0.2) is 59.2 Å². The smallest absolute Gasteiger partial charge is 0.152 e. The lowest BCUT2D eigenvalue weighted by Gasteiger charge is -2.34. The number of aromatic hydroxyl groups is 1. The Morgan fingerprint density at radius 1 is 1.28 bits per heavy atom. The number of halogens is 1. The van der Waals surface area contributed by atoms with Gasteiger partial charge < -0.3 is 20.1 Å². The number of likely N-dealkylation sites (N-methyl/N-ethyl adjacent to an activating group) is 1. The molecule has 1 spiro atoms. The number of phenols is 1. The van der Waals surface area contributed by atoms with Gasteiger partial charge in [0.1, 0.15) is 17.6 Å². The molecule has 2 aromatic rings. The highest BCUT2D eigenvalue weighted by molar-refractivity contribution is 5.74. The standard InChI is InChI=1S/C22H27FN4O2/c1-13-3-4-16(18(28)9-13)20-19-17(5-8-29-22(19)6-7-22)21(26-25-20)24-15-10-14(23)11-27(2)12-15/h3-4,9,14-15,28H,5-8,10-12H2,1-2H3,(H,24,26)/t14-,15?/m1/s1. The van der Waals surface area contributed by atoms with E-state index in [1.807, 2.05) is 31.0 Å². The van der Waals surface area contributed by atoms with Crippen LogP contribution in [-0.2, 0) is 16.8 Å². The Labute approximate surface area is 170 Å². The molecule has 29 heavy (non-hydrogen) atoms. The number of phenolic OH excluding ortho intramolecular Hbond substituents is 1. The first-order valence-corrected chi connectivity index (χ1v) is 10.4. The van der Waals surface area contributed by atoms with Gasteiger partial charge in [0.2, 0.25) is 0 Å². The van der Waals surface area contributed by atoms with Crippen LogP contribution in [0.5, 0.6) is 5.75 Å². The van der Waals surface area contributed by atoms with Crippen LogP contribution in [0.2, 0.25) is 0 Å². The summed E-state index contributed by atoms with van der Waals surface area (Å²) in [6, 6.07) is 5.62. The Morgan fingerprint density at radius 2 is 2.10 bits per heavy atom. The molecule has 2 aliphatic heterocycles. The number of benzene rings is 1. The molecule has 1 saturated carbocycles. The normalized spacial score (nSPS) is 25.6. The third-order valence-electron chi connectivity index (χ3n) is 6.30. The van der Waals surface area contributed by atoms with E-state index in [4.69, 9.17) is 4.74 Å². The summed E-state index contributed by atoms with van der Waals surface area (Å²) in [5.41, 5.74) is 4.20. The number of nitrogens with one attached hydrogen (secondary N) is 1. The fraction of sp³-hybridized carbons (Fsp3) is 0.545. The highest BCUT2D eigenvalue weighted by atomic mass is 19.1. The molecule has 1 aromatic heterocycles. The summed E-state index contributed by atoms with van der Waals surface area (Å²) in [5, 5.41) is 23.1. The minimum atomic E-state index is -0.836. The molecular formula is C22H27FN4O2. The molecule has 2 N–H and O–H groups in total. The number of nitrogens with zero attached hydrogens (tertiary/aromatic N) is 3. The van der Waals surface area contributed by atoms with Crippen molar-refractivity contribution in [1.29, 1.82) is 0 Å². The van der Waals surface area contributed by atoms with Gasteiger partial charge in [-0.25, -0.2) is 4.39 Å². The Bertz CT molecular complexity index is 937. The predicted molar refractivity (Wildman–Crippen MR) is 109 cm³/mol. The number of anilines is 1. The number of piperidine rings is 1. The maximum absolute atomic E-state index is 14.1. The third-order valence-corrected chi connectivity index (χ3v) is 6.30. The average Bonchev–Trinajstić information content (AvgIpc) is 3.42. The van der Waals surface area contributed by atoms with Crippen molar-refractivity contribution in [3.05, 3.63) is 34.9 Å². The summed E-state index contributed by atoms with van der Waals surface area (Å²) in [4.78, 5) is 2.01. The molecule has 3 heterocycles. The number of rotatable bonds is 3. The van der Waals surface area contributed by atoms with Gasteiger partial charge in [-0.05, 0) is 50.9 Å². The molecule has 1 aromatic carbocycles. The minimum absolute atomic E-state index is 0.00113. The maximum Gasteiger partial charge on any atom is 0.152 e. The minimum Gasteiger partial charge on any atom is -0.507 e.